The third-order valence-electron chi connectivity index (χ3n) is 2.15. The molecule has 0 saturated heterocycles. The number of thiophene rings is 1. The highest BCUT2D eigenvalue weighted by atomic mass is 32.1. The summed E-state index contributed by atoms with van der Waals surface area (Å²) in [7, 11) is 3.62. The topological polar surface area (TPSA) is 32.3 Å². The summed E-state index contributed by atoms with van der Waals surface area (Å²) in [5.41, 5.74) is 0. The molecule has 0 aliphatic carbocycles. The lowest BCUT2D eigenvalue weighted by Gasteiger charge is -2.20. The Labute approximate surface area is 88.7 Å². The van der Waals surface area contributed by atoms with Gasteiger partial charge in [0.25, 0.3) is 0 Å². The Morgan fingerprint density at radius 1 is 1.71 bits per heavy atom. The summed E-state index contributed by atoms with van der Waals surface area (Å²) >= 11 is 1.67. The Balaban J connectivity index is 2.50. The first kappa shape index (κ1) is 11.2. The van der Waals surface area contributed by atoms with E-state index in [1.165, 1.54) is 4.88 Å². The molecule has 78 valence electrons. The lowest BCUT2D eigenvalue weighted by atomic mass is 10.3. The fraction of sp³-hybridized carbons (Fsp3) is 0.500. The molecule has 0 bridgehead atoms. The molecule has 0 aliphatic rings. The van der Waals surface area contributed by atoms with E-state index in [9.17, 15) is 4.79 Å². The van der Waals surface area contributed by atoms with E-state index >= 15 is 0 Å². The first-order chi connectivity index (χ1) is 6.65. The van der Waals surface area contributed by atoms with Crippen molar-refractivity contribution in [2.45, 2.75) is 19.5 Å². The van der Waals surface area contributed by atoms with Gasteiger partial charge >= 0.3 is 0 Å². The predicted molar refractivity (Wildman–Crippen MR) is 59.3 cm³/mol. The van der Waals surface area contributed by atoms with Crippen molar-refractivity contribution in [3.8, 4) is 0 Å². The number of carbonyl (C=O) groups is 1. The van der Waals surface area contributed by atoms with E-state index in [0.29, 0.717) is 6.54 Å². The van der Waals surface area contributed by atoms with Crippen molar-refractivity contribution < 1.29 is 4.79 Å². The fourth-order valence-corrected chi connectivity index (χ4v) is 1.93. The third kappa shape index (κ3) is 2.82. The first-order valence-corrected chi connectivity index (χ1v) is 5.47. The summed E-state index contributed by atoms with van der Waals surface area (Å²) in [6.45, 7) is 2.57. The van der Waals surface area contributed by atoms with Gasteiger partial charge in [0, 0.05) is 11.9 Å². The summed E-state index contributed by atoms with van der Waals surface area (Å²) in [6.07, 6.45) is 0. The Kier molecular flexibility index (Phi) is 4.10. The minimum atomic E-state index is -0.111. The molecule has 1 heterocycles. The highest BCUT2D eigenvalue weighted by Crippen LogP contribution is 2.11. The molecule has 0 radical (unpaired) electrons. The highest BCUT2D eigenvalue weighted by Gasteiger charge is 2.15. The van der Waals surface area contributed by atoms with Crippen molar-refractivity contribution in [3.05, 3.63) is 22.4 Å². The molecule has 1 N–H and O–H groups in total. The monoisotopic (exact) mass is 212 g/mol. The molecule has 0 spiro atoms. The Hall–Kier alpha value is -0.870. The summed E-state index contributed by atoms with van der Waals surface area (Å²) in [4.78, 5) is 14.6. The summed E-state index contributed by atoms with van der Waals surface area (Å²) in [5, 5.41) is 4.96. The Bertz CT molecular complexity index is 284. The van der Waals surface area contributed by atoms with Gasteiger partial charge < -0.3 is 10.2 Å². The maximum Gasteiger partial charge on any atom is 0.239 e. The van der Waals surface area contributed by atoms with E-state index < -0.39 is 0 Å². The second-order valence-corrected chi connectivity index (χ2v) is 4.32. The van der Waals surface area contributed by atoms with Crippen molar-refractivity contribution in [3.63, 3.8) is 0 Å². The lowest BCUT2D eigenvalue weighted by molar-refractivity contribution is -0.132. The Morgan fingerprint density at radius 3 is 2.93 bits per heavy atom. The normalized spacial score (nSPS) is 12.5. The van der Waals surface area contributed by atoms with Crippen molar-refractivity contribution in [2.24, 2.45) is 0 Å². The minimum Gasteiger partial charge on any atom is -0.339 e. The molecule has 3 nitrogen and oxygen atoms in total. The van der Waals surface area contributed by atoms with Gasteiger partial charge in [-0.15, -0.1) is 11.3 Å². The van der Waals surface area contributed by atoms with E-state index in [0.717, 1.165) is 0 Å². The van der Waals surface area contributed by atoms with E-state index in [1.807, 2.05) is 31.5 Å². The van der Waals surface area contributed by atoms with Crippen LogP contribution >= 0.6 is 11.3 Å². The fourth-order valence-electron chi connectivity index (χ4n) is 1.17. The number of carbonyl (C=O) groups excluding carboxylic acids is 1. The van der Waals surface area contributed by atoms with Gasteiger partial charge in [0.05, 0.1) is 12.6 Å². The van der Waals surface area contributed by atoms with Gasteiger partial charge in [0.2, 0.25) is 5.91 Å². The molecule has 0 saturated carbocycles. The van der Waals surface area contributed by atoms with Crippen molar-refractivity contribution in [1.29, 1.82) is 0 Å². The van der Waals surface area contributed by atoms with Gasteiger partial charge in [0.15, 0.2) is 0 Å². The average molecular weight is 212 g/mol. The van der Waals surface area contributed by atoms with Crippen LogP contribution in [0.5, 0.6) is 0 Å². The van der Waals surface area contributed by atoms with Crippen LogP contribution < -0.4 is 5.32 Å². The zero-order chi connectivity index (χ0) is 10.6. The van der Waals surface area contributed by atoms with E-state index in [2.05, 4.69) is 5.32 Å². The number of amides is 1. The lowest BCUT2D eigenvalue weighted by Crippen LogP contribution is -2.41. The number of nitrogens with one attached hydrogen (secondary N) is 1. The third-order valence-corrected chi connectivity index (χ3v) is 3.01. The largest absolute Gasteiger partial charge is 0.339 e. The SMILES string of the molecule is CNC(C)C(=O)N(C)Cc1cccs1. The standard InChI is InChI=1S/C10H16N2OS/c1-8(11-2)10(13)12(3)7-9-5-4-6-14-9/h4-6,8,11H,7H2,1-3H3. The zero-order valence-corrected chi connectivity index (χ0v) is 9.60. The van der Waals surface area contributed by atoms with Crippen LogP contribution in [-0.2, 0) is 11.3 Å². The zero-order valence-electron chi connectivity index (χ0n) is 8.78. The molecular formula is C10H16N2OS. The van der Waals surface area contributed by atoms with Gasteiger partial charge in [0.1, 0.15) is 0 Å². The number of nitrogens with zero attached hydrogens (tertiary/aromatic N) is 1. The number of rotatable bonds is 4. The number of hydrogen-bond donors (Lipinski definition) is 1. The van der Waals surface area contributed by atoms with Crippen LogP contribution in [0.2, 0.25) is 0 Å². The molecule has 0 fully saturated rings. The maximum atomic E-state index is 11.7. The maximum absolute atomic E-state index is 11.7. The number of hydrogen-bond acceptors (Lipinski definition) is 3. The van der Waals surface area contributed by atoms with Crippen LogP contribution in [0, 0.1) is 0 Å². The quantitative estimate of drug-likeness (QED) is 0.816. The number of likely N-dealkylation sites (N-methyl/N-ethyl adjacent to an activating group) is 2. The van der Waals surface area contributed by atoms with Crippen molar-refractivity contribution in [2.75, 3.05) is 14.1 Å². The summed E-state index contributed by atoms with van der Waals surface area (Å²) < 4.78 is 0. The second kappa shape index (κ2) is 5.12. The van der Waals surface area contributed by atoms with Crippen LogP contribution in [0.15, 0.2) is 17.5 Å². The second-order valence-electron chi connectivity index (χ2n) is 3.28. The summed E-state index contributed by atoms with van der Waals surface area (Å²) in [5.74, 6) is 0.126. The Morgan fingerprint density at radius 2 is 2.43 bits per heavy atom. The van der Waals surface area contributed by atoms with Gasteiger partial charge in [-0.05, 0) is 25.4 Å². The van der Waals surface area contributed by atoms with E-state index in [1.54, 1.807) is 23.3 Å². The van der Waals surface area contributed by atoms with Crippen LogP contribution in [0.25, 0.3) is 0 Å². The molecule has 1 unspecified atom stereocenters. The molecular weight excluding hydrogens is 196 g/mol. The van der Waals surface area contributed by atoms with Crippen molar-refractivity contribution in [1.82, 2.24) is 10.2 Å². The molecule has 0 aromatic carbocycles. The first-order valence-electron chi connectivity index (χ1n) is 4.59. The van der Waals surface area contributed by atoms with Gasteiger partial charge in [-0.3, -0.25) is 4.79 Å². The highest BCUT2D eigenvalue weighted by molar-refractivity contribution is 7.09. The van der Waals surface area contributed by atoms with Crippen LogP contribution in [0.3, 0.4) is 0 Å². The van der Waals surface area contributed by atoms with Gasteiger partial charge in [-0.25, -0.2) is 0 Å². The van der Waals surface area contributed by atoms with E-state index in [-0.39, 0.29) is 11.9 Å². The molecule has 1 atom stereocenters. The molecule has 1 aromatic rings. The van der Waals surface area contributed by atoms with Gasteiger partial charge in [-0.1, -0.05) is 6.07 Å². The average Bonchev–Trinajstić information content (AvgIpc) is 2.68. The smallest absolute Gasteiger partial charge is 0.239 e. The molecule has 1 amide bonds. The minimum absolute atomic E-state index is 0.111. The molecule has 14 heavy (non-hydrogen) atoms. The predicted octanol–water partition coefficient (Wildman–Crippen LogP) is 1.31. The summed E-state index contributed by atoms with van der Waals surface area (Å²) in [6, 6.07) is 3.93. The van der Waals surface area contributed by atoms with E-state index in [4.69, 9.17) is 0 Å². The van der Waals surface area contributed by atoms with Crippen LogP contribution in [-0.4, -0.2) is 30.9 Å². The molecule has 0 aliphatic heterocycles. The molecule has 1 aromatic heterocycles. The van der Waals surface area contributed by atoms with Crippen LogP contribution in [0.1, 0.15) is 11.8 Å². The van der Waals surface area contributed by atoms with Crippen LogP contribution in [0.4, 0.5) is 0 Å². The van der Waals surface area contributed by atoms with Crippen molar-refractivity contribution >= 4 is 17.2 Å². The molecule has 1 rings (SSSR count). The molecule has 4 heteroatoms. The van der Waals surface area contributed by atoms with Gasteiger partial charge in [-0.2, -0.15) is 0 Å².